The molecule has 1 heterocycles. The molecule has 0 bridgehead atoms. The van der Waals surface area contributed by atoms with E-state index < -0.39 is 0 Å². The van der Waals surface area contributed by atoms with Gasteiger partial charge in [-0.15, -0.1) is 0 Å². The summed E-state index contributed by atoms with van der Waals surface area (Å²) < 4.78 is 5.63. The Hall–Kier alpha value is -2.81. The minimum absolute atomic E-state index is 0.0951. The maximum Gasteiger partial charge on any atom is 0.160 e. The fourth-order valence-corrected chi connectivity index (χ4v) is 4.37. The number of nitrogens with two attached hydrogens (primary N) is 1. The third kappa shape index (κ3) is 3.08. The van der Waals surface area contributed by atoms with Gasteiger partial charge in [0.05, 0.1) is 6.26 Å². The number of furan rings is 1. The van der Waals surface area contributed by atoms with Crippen LogP contribution in [0.4, 0.5) is 5.69 Å². The summed E-state index contributed by atoms with van der Waals surface area (Å²) in [5.74, 6) is 0.906. The molecule has 0 saturated heterocycles. The van der Waals surface area contributed by atoms with Crippen molar-refractivity contribution >= 4 is 27.8 Å². The second kappa shape index (κ2) is 6.41. The van der Waals surface area contributed by atoms with Gasteiger partial charge in [0, 0.05) is 29.2 Å². The molecule has 0 spiro atoms. The van der Waals surface area contributed by atoms with Gasteiger partial charge in [0.25, 0.3) is 0 Å². The van der Waals surface area contributed by atoms with Crippen LogP contribution in [0, 0.1) is 5.41 Å². The predicted octanol–water partition coefficient (Wildman–Crippen LogP) is 5.96. The van der Waals surface area contributed by atoms with Crippen molar-refractivity contribution in [1.29, 1.82) is 0 Å². The van der Waals surface area contributed by atoms with Crippen LogP contribution in [0.25, 0.3) is 16.3 Å². The molecule has 1 aliphatic rings. The number of carbonyl (C=O) groups excluding carboxylic acids is 1. The lowest BCUT2D eigenvalue weighted by Crippen LogP contribution is -2.27. The number of anilines is 1. The number of benzene rings is 2. The number of fused-ring (bicyclic) bond motifs is 1. The quantitative estimate of drug-likeness (QED) is 0.587. The van der Waals surface area contributed by atoms with Crippen molar-refractivity contribution in [2.75, 3.05) is 5.73 Å². The Labute approximate surface area is 159 Å². The first-order chi connectivity index (χ1) is 12.9. The molecule has 138 valence electrons. The number of Topliss-reactive ketones (excluding diaryl/α,β-unsaturated/α-hetero) is 1. The van der Waals surface area contributed by atoms with Crippen molar-refractivity contribution in [2.24, 2.45) is 5.41 Å². The van der Waals surface area contributed by atoms with Gasteiger partial charge in [-0.2, -0.15) is 0 Å². The fraction of sp³-hybridized carbons (Fsp3) is 0.292. The van der Waals surface area contributed by atoms with Gasteiger partial charge in [-0.3, -0.25) is 4.79 Å². The van der Waals surface area contributed by atoms with Crippen LogP contribution in [0.1, 0.15) is 50.9 Å². The van der Waals surface area contributed by atoms with E-state index >= 15 is 0 Å². The van der Waals surface area contributed by atoms with E-state index in [1.807, 2.05) is 43.3 Å². The zero-order chi connectivity index (χ0) is 19.2. The van der Waals surface area contributed by atoms with Gasteiger partial charge in [-0.25, -0.2) is 0 Å². The Morgan fingerprint density at radius 3 is 2.56 bits per heavy atom. The van der Waals surface area contributed by atoms with Gasteiger partial charge in [0.2, 0.25) is 0 Å². The molecule has 0 unspecified atom stereocenters. The first-order valence-corrected chi connectivity index (χ1v) is 9.44. The van der Waals surface area contributed by atoms with Gasteiger partial charge < -0.3 is 10.2 Å². The zero-order valence-electron chi connectivity index (χ0n) is 16.1. The summed E-state index contributed by atoms with van der Waals surface area (Å²) in [5.41, 5.74) is 10.00. The fourth-order valence-electron chi connectivity index (χ4n) is 4.37. The molecule has 0 saturated carbocycles. The van der Waals surface area contributed by atoms with Crippen LogP contribution in [0.15, 0.2) is 64.8 Å². The second-order valence-corrected chi connectivity index (χ2v) is 8.32. The molecule has 2 aromatic carbocycles. The van der Waals surface area contributed by atoms with Crippen molar-refractivity contribution < 1.29 is 9.21 Å². The highest BCUT2D eigenvalue weighted by molar-refractivity contribution is 6.10. The number of ketones is 1. The molecule has 1 aromatic heterocycles. The molecule has 27 heavy (non-hydrogen) atoms. The number of allylic oxidation sites excluding steroid dienone is 2. The molecule has 3 nitrogen and oxygen atoms in total. The Kier molecular flexibility index (Phi) is 4.18. The molecule has 0 radical (unpaired) electrons. The monoisotopic (exact) mass is 359 g/mol. The SMILES string of the molecule is C[C@H](C1=C(c2c(N)ccc3ccccc23)CC(C)(C)CC1=O)c1ccco1. The van der Waals surface area contributed by atoms with Crippen molar-refractivity contribution in [3.8, 4) is 0 Å². The average molecular weight is 359 g/mol. The zero-order valence-corrected chi connectivity index (χ0v) is 16.1. The van der Waals surface area contributed by atoms with Crippen LogP contribution >= 0.6 is 0 Å². The molecule has 0 aliphatic heterocycles. The van der Waals surface area contributed by atoms with Crippen LogP contribution in [0.3, 0.4) is 0 Å². The summed E-state index contributed by atoms with van der Waals surface area (Å²) in [4.78, 5) is 13.2. The first kappa shape index (κ1) is 17.6. The summed E-state index contributed by atoms with van der Waals surface area (Å²) >= 11 is 0. The lowest BCUT2D eigenvalue weighted by Gasteiger charge is -2.35. The van der Waals surface area contributed by atoms with E-state index in [-0.39, 0.29) is 17.1 Å². The molecule has 2 N–H and O–H groups in total. The number of rotatable bonds is 3. The maximum absolute atomic E-state index is 13.2. The van der Waals surface area contributed by atoms with Gasteiger partial charge in [0.1, 0.15) is 5.76 Å². The molecular weight excluding hydrogens is 334 g/mol. The van der Waals surface area contributed by atoms with Crippen LogP contribution in [0.2, 0.25) is 0 Å². The number of nitrogen functional groups attached to an aromatic ring is 1. The van der Waals surface area contributed by atoms with E-state index in [2.05, 4.69) is 26.0 Å². The predicted molar refractivity (Wildman–Crippen MR) is 110 cm³/mol. The van der Waals surface area contributed by atoms with Gasteiger partial charge in [-0.1, -0.05) is 51.1 Å². The van der Waals surface area contributed by atoms with E-state index in [9.17, 15) is 4.79 Å². The van der Waals surface area contributed by atoms with Gasteiger partial charge >= 0.3 is 0 Å². The summed E-state index contributed by atoms with van der Waals surface area (Å²) in [6.07, 6.45) is 3.02. The van der Waals surface area contributed by atoms with Gasteiger partial charge in [-0.05, 0) is 46.4 Å². The smallest absolute Gasteiger partial charge is 0.160 e. The lowest BCUT2D eigenvalue weighted by molar-refractivity contribution is -0.118. The highest BCUT2D eigenvalue weighted by atomic mass is 16.3. The molecule has 0 fully saturated rings. The summed E-state index contributed by atoms with van der Waals surface area (Å²) in [7, 11) is 0. The Balaban J connectivity index is 2.03. The number of hydrogen-bond acceptors (Lipinski definition) is 3. The number of hydrogen-bond donors (Lipinski definition) is 1. The van der Waals surface area contributed by atoms with E-state index in [1.54, 1.807) is 6.26 Å². The van der Waals surface area contributed by atoms with Crippen LogP contribution in [0.5, 0.6) is 0 Å². The minimum Gasteiger partial charge on any atom is -0.469 e. The Morgan fingerprint density at radius 1 is 1.04 bits per heavy atom. The molecule has 4 rings (SSSR count). The standard InChI is InChI=1S/C24H25NO2/c1-15(21-9-6-12-27-21)22-18(13-24(2,3)14-20(22)26)23-17-8-5-4-7-16(17)10-11-19(23)25/h4-12,15H,13-14,25H2,1-3H3/t15-/m0/s1. The Morgan fingerprint density at radius 2 is 1.81 bits per heavy atom. The lowest BCUT2D eigenvalue weighted by atomic mass is 9.68. The average Bonchev–Trinajstić information content (AvgIpc) is 3.14. The molecule has 3 heteroatoms. The van der Waals surface area contributed by atoms with Crippen LogP contribution in [-0.2, 0) is 4.79 Å². The van der Waals surface area contributed by atoms with Crippen molar-refractivity contribution in [3.63, 3.8) is 0 Å². The van der Waals surface area contributed by atoms with E-state index in [1.165, 1.54) is 0 Å². The molecular formula is C24H25NO2. The third-order valence-electron chi connectivity index (χ3n) is 5.59. The normalized spacial score (nSPS) is 18.1. The minimum atomic E-state index is -0.100. The topological polar surface area (TPSA) is 56.2 Å². The molecule has 3 aromatic rings. The first-order valence-electron chi connectivity index (χ1n) is 9.44. The van der Waals surface area contributed by atoms with Crippen molar-refractivity contribution in [1.82, 2.24) is 0 Å². The van der Waals surface area contributed by atoms with Crippen molar-refractivity contribution in [2.45, 2.75) is 39.5 Å². The largest absolute Gasteiger partial charge is 0.469 e. The molecule has 1 aliphatic carbocycles. The van der Waals surface area contributed by atoms with E-state index in [0.29, 0.717) is 6.42 Å². The number of carbonyl (C=O) groups is 1. The summed E-state index contributed by atoms with van der Waals surface area (Å²) in [6, 6.07) is 16.0. The van der Waals surface area contributed by atoms with Gasteiger partial charge in [0.15, 0.2) is 5.78 Å². The molecule has 1 atom stereocenters. The van der Waals surface area contributed by atoms with Crippen molar-refractivity contribution in [3.05, 3.63) is 71.7 Å². The van der Waals surface area contributed by atoms with Crippen LogP contribution < -0.4 is 5.73 Å². The van der Waals surface area contributed by atoms with Crippen LogP contribution in [-0.4, -0.2) is 5.78 Å². The third-order valence-corrected chi connectivity index (χ3v) is 5.59. The maximum atomic E-state index is 13.2. The highest BCUT2D eigenvalue weighted by Gasteiger charge is 2.37. The molecule has 0 amide bonds. The summed E-state index contributed by atoms with van der Waals surface area (Å²) in [6.45, 7) is 6.35. The highest BCUT2D eigenvalue weighted by Crippen LogP contribution is 2.48. The second-order valence-electron chi connectivity index (χ2n) is 8.32. The van der Waals surface area contributed by atoms with E-state index in [0.717, 1.165) is 45.4 Å². The summed E-state index contributed by atoms with van der Waals surface area (Å²) in [5, 5.41) is 2.23. The van der Waals surface area contributed by atoms with E-state index in [4.69, 9.17) is 10.2 Å². The Bertz CT molecular complexity index is 1040.